The highest BCUT2D eigenvalue weighted by Gasteiger charge is 1.89. The minimum atomic E-state index is -0.755. The van der Waals surface area contributed by atoms with Crippen LogP contribution in [-0.4, -0.2) is 11.1 Å². The molecule has 22 heavy (non-hydrogen) atoms. The van der Waals surface area contributed by atoms with Crippen molar-refractivity contribution in [3.8, 4) is 0 Å². The molecule has 0 spiro atoms. The van der Waals surface area contributed by atoms with Gasteiger partial charge in [-0.3, -0.25) is 4.79 Å². The molecule has 0 heterocycles. The Bertz CT molecular complexity index is 327. The largest absolute Gasteiger partial charge is 0.481 e. The molecule has 2 heteroatoms. The summed E-state index contributed by atoms with van der Waals surface area (Å²) in [5, 5.41) is 8.47. The summed E-state index contributed by atoms with van der Waals surface area (Å²) in [6.07, 6.45) is 26.4. The summed E-state index contributed by atoms with van der Waals surface area (Å²) < 4.78 is 0. The monoisotopic (exact) mass is 306 g/mol. The molecule has 0 aliphatic carbocycles. The first kappa shape index (κ1) is 20.7. The number of hydrogen-bond donors (Lipinski definition) is 1. The molecule has 0 aliphatic rings. The first-order chi connectivity index (χ1) is 10.8. The quantitative estimate of drug-likeness (QED) is 0.279. The lowest BCUT2D eigenvalue weighted by Gasteiger charge is -1.94. The zero-order valence-electron chi connectivity index (χ0n) is 14.3. The molecule has 126 valence electrons. The molecule has 0 saturated carbocycles. The number of unbranched alkanes of at least 4 members (excludes halogenated alkanes) is 8. The Labute approximate surface area is 137 Å². The Kier molecular flexibility index (Phi) is 16.7. The number of carboxylic acids is 1. The molecule has 0 aromatic heterocycles. The third-order valence-electron chi connectivity index (χ3n) is 3.50. The van der Waals surface area contributed by atoms with Gasteiger partial charge >= 0.3 is 5.97 Å². The standard InChI is InChI=1S/C20H34O2/c1-2-3-4-5-6-7-8-9-10-11-12-13-14-15-16-17-18-19-20(21)22/h6-7,11-12,17-18H,2-5,8-10,13-16,19H2,1H3,(H,21,22)/b7-6+,12-11+,18-17+. The molecule has 0 unspecified atom stereocenters. The van der Waals surface area contributed by atoms with Crippen molar-refractivity contribution < 1.29 is 9.90 Å². The highest BCUT2D eigenvalue weighted by atomic mass is 16.4. The molecule has 2 nitrogen and oxygen atoms in total. The molecule has 0 aromatic carbocycles. The fourth-order valence-corrected chi connectivity index (χ4v) is 2.16. The van der Waals surface area contributed by atoms with Gasteiger partial charge in [0.25, 0.3) is 0 Å². The number of rotatable bonds is 15. The van der Waals surface area contributed by atoms with Gasteiger partial charge in [-0.25, -0.2) is 0 Å². The van der Waals surface area contributed by atoms with Crippen molar-refractivity contribution in [3.63, 3.8) is 0 Å². The molecule has 0 fully saturated rings. The molecular weight excluding hydrogens is 272 g/mol. The fraction of sp³-hybridized carbons (Fsp3) is 0.650. The van der Waals surface area contributed by atoms with Crippen LogP contribution >= 0.6 is 0 Å². The van der Waals surface area contributed by atoms with E-state index in [-0.39, 0.29) is 6.42 Å². The SMILES string of the molecule is CCCCC/C=C/CCC/C=C/CCCC/C=C/CC(=O)O. The Morgan fingerprint density at radius 3 is 1.55 bits per heavy atom. The Morgan fingerprint density at radius 1 is 0.682 bits per heavy atom. The number of allylic oxidation sites excluding steroid dienone is 5. The number of hydrogen-bond acceptors (Lipinski definition) is 1. The minimum Gasteiger partial charge on any atom is -0.481 e. The number of aliphatic carboxylic acids is 1. The Morgan fingerprint density at radius 2 is 1.09 bits per heavy atom. The lowest BCUT2D eigenvalue weighted by atomic mass is 10.1. The molecule has 0 bridgehead atoms. The van der Waals surface area contributed by atoms with Crippen molar-refractivity contribution >= 4 is 5.97 Å². The summed E-state index contributed by atoms with van der Waals surface area (Å²) in [5.41, 5.74) is 0. The molecule has 1 N–H and O–H groups in total. The molecular formula is C20H34O2. The second kappa shape index (κ2) is 17.7. The van der Waals surface area contributed by atoms with Crippen molar-refractivity contribution in [1.82, 2.24) is 0 Å². The van der Waals surface area contributed by atoms with Crippen molar-refractivity contribution in [3.05, 3.63) is 36.5 Å². The first-order valence-corrected chi connectivity index (χ1v) is 8.94. The molecule has 0 radical (unpaired) electrons. The van der Waals surface area contributed by atoms with E-state index >= 15 is 0 Å². The molecule has 0 atom stereocenters. The first-order valence-electron chi connectivity index (χ1n) is 8.94. The van der Waals surface area contributed by atoms with Crippen molar-refractivity contribution in [2.75, 3.05) is 0 Å². The van der Waals surface area contributed by atoms with E-state index in [9.17, 15) is 4.79 Å². The Hall–Kier alpha value is -1.31. The predicted octanol–water partition coefficient (Wildman–Crippen LogP) is 6.44. The van der Waals surface area contributed by atoms with Gasteiger partial charge in [-0.15, -0.1) is 0 Å². The topological polar surface area (TPSA) is 37.3 Å². The van der Waals surface area contributed by atoms with E-state index in [4.69, 9.17) is 5.11 Å². The summed E-state index contributed by atoms with van der Waals surface area (Å²) in [5.74, 6) is -0.755. The third-order valence-corrected chi connectivity index (χ3v) is 3.50. The van der Waals surface area contributed by atoms with Crippen LogP contribution in [-0.2, 0) is 4.79 Å². The van der Waals surface area contributed by atoms with Gasteiger partial charge in [0.1, 0.15) is 0 Å². The van der Waals surface area contributed by atoms with E-state index in [1.165, 1.54) is 51.4 Å². The van der Waals surface area contributed by atoms with Gasteiger partial charge in [0.2, 0.25) is 0 Å². The van der Waals surface area contributed by atoms with E-state index < -0.39 is 5.97 Å². The van der Waals surface area contributed by atoms with Crippen LogP contribution in [0, 0.1) is 0 Å². The van der Waals surface area contributed by atoms with Crippen molar-refractivity contribution in [2.24, 2.45) is 0 Å². The number of carbonyl (C=O) groups is 1. The third kappa shape index (κ3) is 18.7. The summed E-state index contributed by atoms with van der Waals surface area (Å²) in [7, 11) is 0. The zero-order valence-corrected chi connectivity index (χ0v) is 14.3. The van der Waals surface area contributed by atoms with Crippen LogP contribution in [0.4, 0.5) is 0 Å². The van der Waals surface area contributed by atoms with Gasteiger partial charge in [-0.1, -0.05) is 56.2 Å². The molecule has 0 saturated heterocycles. The van der Waals surface area contributed by atoms with E-state index in [0.717, 1.165) is 19.3 Å². The van der Waals surface area contributed by atoms with E-state index in [1.54, 1.807) is 6.08 Å². The van der Waals surface area contributed by atoms with Crippen molar-refractivity contribution in [2.45, 2.75) is 84.0 Å². The second-order valence-electron chi connectivity index (χ2n) is 5.72. The smallest absolute Gasteiger partial charge is 0.307 e. The second-order valence-corrected chi connectivity index (χ2v) is 5.72. The summed E-state index contributed by atoms with van der Waals surface area (Å²) in [6.45, 7) is 2.24. The maximum Gasteiger partial charge on any atom is 0.307 e. The van der Waals surface area contributed by atoms with Crippen LogP contribution < -0.4 is 0 Å². The van der Waals surface area contributed by atoms with E-state index in [2.05, 4.69) is 31.2 Å². The van der Waals surface area contributed by atoms with Gasteiger partial charge in [0.05, 0.1) is 6.42 Å². The lowest BCUT2D eigenvalue weighted by Crippen LogP contribution is -1.89. The van der Waals surface area contributed by atoms with E-state index in [1.807, 2.05) is 6.08 Å². The van der Waals surface area contributed by atoms with Crippen LogP contribution in [0.1, 0.15) is 84.0 Å². The fourth-order valence-electron chi connectivity index (χ4n) is 2.16. The van der Waals surface area contributed by atoms with Gasteiger partial charge in [-0.2, -0.15) is 0 Å². The highest BCUT2D eigenvalue weighted by molar-refractivity contribution is 5.68. The van der Waals surface area contributed by atoms with Crippen LogP contribution in [0.2, 0.25) is 0 Å². The van der Waals surface area contributed by atoms with Crippen molar-refractivity contribution in [1.29, 1.82) is 0 Å². The zero-order chi connectivity index (χ0) is 16.3. The van der Waals surface area contributed by atoms with Crippen LogP contribution in [0.5, 0.6) is 0 Å². The highest BCUT2D eigenvalue weighted by Crippen LogP contribution is 2.05. The van der Waals surface area contributed by atoms with Crippen LogP contribution in [0.3, 0.4) is 0 Å². The molecule has 0 rings (SSSR count). The summed E-state index contributed by atoms with van der Waals surface area (Å²) in [4.78, 5) is 10.3. The van der Waals surface area contributed by atoms with E-state index in [0.29, 0.717) is 0 Å². The summed E-state index contributed by atoms with van der Waals surface area (Å²) in [6, 6.07) is 0. The van der Waals surface area contributed by atoms with Crippen LogP contribution in [0.25, 0.3) is 0 Å². The van der Waals surface area contributed by atoms with Gasteiger partial charge in [0, 0.05) is 0 Å². The molecule has 0 amide bonds. The average molecular weight is 306 g/mol. The van der Waals surface area contributed by atoms with Crippen LogP contribution in [0.15, 0.2) is 36.5 Å². The maximum atomic E-state index is 10.3. The van der Waals surface area contributed by atoms with Gasteiger partial charge in [-0.05, 0) is 57.8 Å². The predicted molar refractivity (Wildman–Crippen MR) is 96.1 cm³/mol. The molecule has 0 aliphatic heterocycles. The van der Waals surface area contributed by atoms with Gasteiger partial charge < -0.3 is 5.11 Å². The Balaban J connectivity index is 3.24. The minimum absolute atomic E-state index is 0.146. The maximum absolute atomic E-state index is 10.3. The lowest BCUT2D eigenvalue weighted by molar-refractivity contribution is -0.136. The normalized spacial score (nSPS) is 12.0. The molecule has 0 aromatic rings. The summed E-state index contributed by atoms with van der Waals surface area (Å²) >= 11 is 0. The number of carboxylic acid groups (broad SMARTS) is 1. The van der Waals surface area contributed by atoms with Gasteiger partial charge in [0.15, 0.2) is 0 Å². The average Bonchev–Trinajstić information content (AvgIpc) is 2.50.